The summed E-state index contributed by atoms with van der Waals surface area (Å²) < 4.78 is 5.85. The number of carboxylic acid groups (broad SMARTS) is 1. The fraction of sp³-hybridized carbons (Fsp3) is 0. The molecule has 1 heterocycles. The first-order valence-corrected chi connectivity index (χ1v) is 7.51. The highest BCUT2D eigenvalue weighted by Crippen LogP contribution is 2.34. The van der Waals surface area contributed by atoms with Gasteiger partial charge in [0.1, 0.15) is 5.52 Å². The lowest BCUT2D eigenvalue weighted by Gasteiger charge is -2.08. The lowest BCUT2D eigenvalue weighted by atomic mass is 9.97. The number of fused-ring (bicyclic) bond motifs is 1. The van der Waals surface area contributed by atoms with E-state index < -0.39 is 5.97 Å². The Hall–Kier alpha value is -3.40. The van der Waals surface area contributed by atoms with Crippen LogP contribution in [0.3, 0.4) is 0 Å². The molecule has 0 amide bonds. The predicted molar refractivity (Wildman–Crippen MR) is 91.8 cm³/mol. The second kappa shape index (κ2) is 5.66. The van der Waals surface area contributed by atoms with E-state index in [1.54, 1.807) is 18.2 Å². The van der Waals surface area contributed by atoms with Crippen LogP contribution in [0.25, 0.3) is 33.7 Å². The molecule has 0 aliphatic rings. The first-order chi connectivity index (χ1) is 11.7. The van der Waals surface area contributed by atoms with Crippen LogP contribution < -0.4 is 0 Å². The molecule has 4 rings (SSSR count). The molecule has 0 bridgehead atoms. The van der Waals surface area contributed by atoms with Crippen LogP contribution in [-0.4, -0.2) is 16.1 Å². The highest BCUT2D eigenvalue weighted by molar-refractivity contribution is 5.93. The third-order valence-corrected chi connectivity index (χ3v) is 3.88. The molecule has 0 unspecified atom stereocenters. The number of hydrogen-bond donors (Lipinski definition) is 1. The Morgan fingerprint density at radius 2 is 1.62 bits per heavy atom. The van der Waals surface area contributed by atoms with Gasteiger partial charge in [-0.15, -0.1) is 0 Å². The second-order valence-electron chi connectivity index (χ2n) is 5.42. The molecule has 0 saturated heterocycles. The number of benzene rings is 3. The average molecular weight is 315 g/mol. The van der Waals surface area contributed by atoms with Crippen molar-refractivity contribution in [1.29, 1.82) is 0 Å². The topological polar surface area (TPSA) is 63.3 Å². The highest BCUT2D eigenvalue weighted by Gasteiger charge is 2.16. The zero-order valence-corrected chi connectivity index (χ0v) is 12.6. The summed E-state index contributed by atoms with van der Waals surface area (Å²) in [4.78, 5) is 15.9. The van der Waals surface area contributed by atoms with Gasteiger partial charge in [0.05, 0.1) is 5.56 Å². The van der Waals surface area contributed by atoms with Crippen molar-refractivity contribution < 1.29 is 14.3 Å². The molecule has 0 aliphatic carbocycles. The number of aromatic nitrogens is 1. The van der Waals surface area contributed by atoms with E-state index in [0.717, 1.165) is 16.6 Å². The van der Waals surface area contributed by atoms with E-state index in [4.69, 9.17) is 4.42 Å². The summed E-state index contributed by atoms with van der Waals surface area (Å²) in [6, 6.07) is 22.2. The Balaban J connectivity index is 1.97. The Morgan fingerprint density at radius 1 is 0.875 bits per heavy atom. The zero-order valence-electron chi connectivity index (χ0n) is 12.6. The standard InChI is InChI=1S/C20H13NO3/c22-20(23)14-10-11-15(13-6-2-1-3-7-13)16(12-14)19-21-17-8-4-5-9-18(17)24-19/h1-12H,(H,22,23). The normalized spacial score (nSPS) is 10.8. The number of hydrogen-bond acceptors (Lipinski definition) is 3. The smallest absolute Gasteiger partial charge is 0.335 e. The molecule has 4 aromatic rings. The van der Waals surface area contributed by atoms with Crippen molar-refractivity contribution in [2.75, 3.05) is 0 Å². The monoisotopic (exact) mass is 315 g/mol. The Labute approximate surface area is 138 Å². The van der Waals surface area contributed by atoms with Crippen LogP contribution >= 0.6 is 0 Å². The number of oxazole rings is 1. The van der Waals surface area contributed by atoms with E-state index >= 15 is 0 Å². The Morgan fingerprint density at radius 3 is 2.38 bits per heavy atom. The van der Waals surface area contributed by atoms with Crippen molar-refractivity contribution in [1.82, 2.24) is 4.98 Å². The SMILES string of the molecule is O=C(O)c1ccc(-c2ccccc2)c(-c2nc3ccccc3o2)c1. The summed E-state index contributed by atoms with van der Waals surface area (Å²) in [5, 5.41) is 9.31. The average Bonchev–Trinajstić information content (AvgIpc) is 3.06. The van der Waals surface area contributed by atoms with Gasteiger partial charge in [-0.25, -0.2) is 9.78 Å². The van der Waals surface area contributed by atoms with Crippen LogP contribution in [0.4, 0.5) is 0 Å². The number of aromatic carboxylic acids is 1. The van der Waals surface area contributed by atoms with E-state index in [1.165, 1.54) is 0 Å². The summed E-state index contributed by atoms with van der Waals surface area (Å²) in [6.07, 6.45) is 0. The fourth-order valence-corrected chi connectivity index (χ4v) is 2.71. The minimum absolute atomic E-state index is 0.201. The first kappa shape index (κ1) is 14.2. The molecule has 1 aromatic heterocycles. The number of rotatable bonds is 3. The highest BCUT2D eigenvalue weighted by atomic mass is 16.4. The third kappa shape index (κ3) is 2.44. The molecule has 0 aliphatic heterocycles. The van der Waals surface area contributed by atoms with E-state index in [0.29, 0.717) is 17.0 Å². The van der Waals surface area contributed by atoms with Gasteiger partial charge < -0.3 is 9.52 Å². The summed E-state index contributed by atoms with van der Waals surface area (Å²) in [5.41, 5.74) is 4.14. The summed E-state index contributed by atoms with van der Waals surface area (Å²) in [7, 11) is 0. The second-order valence-corrected chi connectivity index (χ2v) is 5.42. The van der Waals surface area contributed by atoms with Gasteiger partial charge in [0.2, 0.25) is 5.89 Å². The molecule has 0 saturated carbocycles. The van der Waals surface area contributed by atoms with Crippen LogP contribution in [0.1, 0.15) is 10.4 Å². The largest absolute Gasteiger partial charge is 0.478 e. The van der Waals surface area contributed by atoms with Crippen LogP contribution in [0.5, 0.6) is 0 Å². The van der Waals surface area contributed by atoms with Crippen LogP contribution in [0.2, 0.25) is 0 Å². The summed E-state index contributed by atoms with van der Waals surface area (Å²) in [5.74, 6) is -0.565. The molecular formula is C20H13NO3. The third-order valence-electron chi connectivity index (χ3n) is 3.88. The molecule has 0 atom stereocenters. The molecule has 24 heavy (non-hydrogen) atoms. The predicted octanol–water partition coefficient (Wildman–Crippen LogP) is 4.86. The Kier molecular flexibility index (Phi) is 3.35. The maximum absolute atomic E-state index is 11.4. The molecule has 4 heteroatoms. The lowest BCUT2D eigenvalue weighted by Crippen LogP contribution is -1.97. The lowest BCUT2D eigenvalue weighted by molar-refractivity contribution is 0.0697. The Bertz CT molecular complexity index is 1000. The summed E-state index contributed by atoms with van der Waals surface area (Å²) >= 11 is 0. The van der Waals surface area contributed by atoms with Gasteiger partial charge in [0.25, 0.3) is 0 Å². The maximum atomic E-state index is 11.4. The van der Waals surface area contributed by atoms with Gasteiger partial charge in [0.15, 0.2) is 5.58 Å². The van der Waals surface area contributed by atoms with Crippen LogP contribution in [0, 0.1) is 0 Å². The number of nitrogens with zero attached hydrogens (tertiary/aromatic N) is 1. The van der Waals surface area contributed by atoms with Crippen molar-refractivity contribution in [3.63, 3.8) is 0 Å². The quantitative estimate of drug-likeness (QED) is 0.586. The molecule has 0 spiro atoms. The maximum Gasteiger partial charge on any atom is 0.335 e. The van der Waals surface area contributed by atoms with Crippen molar-refractivity contribution in [3.8, 4) is 22.6 Å². The van der Waals surface area contributed by atoms with E-state index in [9.17, 15) is 9.90 Å². The van der Waals surface area contributed by atoms with E-state index in [-0.39, 0.29) is 5.56 Å². The number of para-hydroxylation sites is 2. The molecule has 3 aromatic carbocycles. The van der Waals surface area contributed by atoms with Gasteiger partial charge in [-0.2, -0.15) is 0 Å². The molecule has 4 nitrogen and oxygen atoms in total. The van der Waals surface area contributed by atoms with Crippen LogP contribution in [0.15, 0.2) is 77.2 Å². The fourth-order valence-electron chi connectivity index (χ4n) is 2.71. The van der Waals surface area contributed by atoms with Crippen molar-refractivity contribution in [3.05, 3.63) is 78.4 Å². The van der Waals surface area contributed by atoms with E-state index in [1.807, 2.05) is 54.6 Å². The van der Waals surface area contributed by atoms with Gasteiger partial charge >= 0.3 is 5.97 Å². The number of carboxylic acids is 1. The molecule has 0 fully saturated rings. The number of carbonyl (C=O) groups is 1. The van der Waals surface area contributed by atoms with Crippen molar-refractivity contribution in [2.24, 2.45) is 0 Å². The van der Waals surface area contributed by atoms with Gasteiger partial charge in [0, 0.05) is 5.56 Å². The van der Waals surface area contributed by atoms with Crippen molar-refractivity contribution in [2.45, 2.75) is 0 Å². The molecule has 1 N–H and O–H groups in total. The summed E-state index contributed by atoms with van der Waals surface area (Å²) in [6.45, 7) is 0. The molecule has 116 valence electrons. The van der Waals surface area contributed by atoms with Gasteiger partial charge in [-0.05, 0) is 35.4 Å². The molecular weight excluding hydrogens is 302 g/mol. The minimum Gasteiger partial charge on any atom is -0.478 e. The first-order valence-electron chi connectivity index (χ1n) is 7.51. The van der Waals surface area contributed by atoms with Gasteiger partial charge in [-0.1, -0.05) is 48.5 Å². The molecule has 0 radical (unpaired) electrons. The van der Waals surface area contributed by atoms with E-state index in [2.05, 4.69) is 4.98 Å². The zero-order chi connectivity index (χ0) is 16.5. The van der Waals surface area contributed by atoms with Crippen molar-refractivity contribution >= 4 is 17.1 Å². The van der Waals surface area contributed by atoms with Gasteiger partial charge in [-0.3, -0.25) is 0 Å². The minimum atomic E-state index is -0.980. The van der Waals surface area contributed by atoms with Crippen LogP contribution in [-0.2, 0) is 0 Å².